The third kappa shape index (κ3) is 2.38. The molecule has 2 aromatic rings. The summed E-state index contributed by atoms with van der Waals surface area (Å²) in [4.78, 5) is 4.39. The highest BCUT2D eigenvalue weighted by atomic mass is 79.9. The number of nitrogens with one attached hydrogen (secondary N) is 1. The van der Waals surface area contributed by atoms with E-state index in [9.17, 15) is 0 Å². The molecule has 0 bridgehead atoms. The molecule has 0 atom stereocenters. The largest absolute Gasteiger partial charge is 0.363 e. The summed E-state index contributed by atoms with van der Waals surface area (Å²) >= 11 is 3.41. The summed E-state index contributed by atoms with van der Waals surface area (Å²) in [5, 5.41) is 11.0. The van der Waals surface area contributed by atoms with Crippen LogP contribution in [0.15, 0.2) is 22.9 Å². The van der Waals surface area contributed by atoms with Crippen molar-refractivity contribution < 1.29 is 0 Å². The Morgan fingerprint density at radius 3 is 2.88 bits per heavy atom. The zero-order valence-electron chi connectivity index (χ0n) is 9.11. The zero-order valence-corrected chi connectivity index (χ0v) is 10.7. The predicted molar refractivity (Wildman–Crippen MR) is 65.0 cm³/mol. The molecular formula is C10H12BrN5. The topological polar surface area (TPSA) is 55.6 Å². The standard InChI is InChI=1S/C10H12BrN5/c1-7-8(11)3-4-9(14-7)12-5-10-15-13-6-16(10)2/h3-4,6H,5H2,1-2H3,(H,12,14). The Kier molecular flexibility index (Phi) is 3.19. The van der Waals surface area contributed by atoms with E-state index in [1.165, 1.54) is 0 Å². The number of halogens is 1. The van der Waals surface area contributed by atoms with Crippen molar-refractivity contribution >= 4 is 21.7 Å². The van der Waals surface area contributed by atoms with Gasteiger partial charge in [0.2, 0.25) is 0 Å². The van der Waals surface area contributed by atoms with Gasteiger partial charge in [-0.2, -0.15) is 0 Å². The first-order valence-corrected chi connectivity index (χ1v) is 5.66. The lowest BCUT2D eigenvalue weighted by Crippen LogP contribution is -2.07. The van der Waals surface area contributed by atoms with Gasteiger partial charge >= 0.3 is 0 Å². The van der Waals surface area contributed by atoms with Gasteiger partial charge in [0.25, 0.3) is 0 Å². The number of nitrogens with zero attached hydrogens (tertiary/aromatic N) is 4. The molecule has 0 aliphatic carbocycles. The predicted octanol–water partition coefficient (Wildman–Crippen LogP) is 1.89. The molecule has 0 aromatic carbocycles. The molecule has 2 aromatic heterocycles. The molecule has 2 heterocycles. The Labute approximate surface area is 102 Å². The lowest BCUT2D eigenvalue weighted by molar-refractivity contribution is 0.810. The van der Waals surface area contributed by atoms with Crippen molar-refractivity contribution in [2.75, 3.05) is 5.32 Å². The van der Waals surface area contributed by atoms with E-state index in [1.54, 1.807) is 6.33 Å². The molecular weight excluding hydrogens is 270 g/mol. The van der Waals surface area contributed by atoms with Gasteiger partial charge in [0.05, 0.1) is 12.2 Å². The number of aromatic nitrogens is 4. The van der Waals surface area contributed by atoms with Crippen LogP contribution in [0.1, 0.15) is 11.5 Å². The zero-order chi connectivity index (χ0) is 11.5. The van der Waals surface area contributed by atoms with Crippen LogP contribution in [0.25, 0.3) is 0 Å². The summed E-state index contributed by atoms with van der Waals surface area (Å²) < 4.78 is 2.88. The maximum Gasteiger partial charge on any atom is 0.151 e. The highest BCUT2D eigenvalue weighted by Gasteiger charge is 2.02. The summed E-state index contributed by atoms with van der Waals surface area (Å²) in [7, 11) is 1.91. The van der Waals surface area contributed by atoms with Crippen LogP contribution in [0.4, 0.5) is 5.82 Å². The van der Waals surface area contributed by atoms with Crippen molar-refractivity contribution in [3.8, 4) is 0 Å². The average Bonchev–Trinajstić information content (AvgIpc) is 2.66. The molecule has 0 amide bonds. The van der Waals surface area contributed by atoms with Gasteiger partial charge in [-0.3, -0.25) is 0 Å². The van der Waals surface area contributed by atoms with Gasteiger partial charge in [0.15, 0.2) is 5.82 Å². The van der Waals surface area contributed by atoms with Crippen LogP contribution in [0.3, 0.4) is 0 Å². The monoisotopic (exact) mass is 281 g/mol. The van der Waals surface area contributed by atoms with Crippen LogP contribution >= 0.6 is 15.9 Å². The fourth-order valence-electron chi connectivity index (χ4n) is 1.28. The van der Waals surface area contributed by atoms with Crippen molar-refractivity contribution in [2.24, 2.45) is 7.05 Å². The summed E-state index contributed by atoms with van der Waals surface area (Å²) in [5.41, 5.74) is 0.961. The molecule has 0 aliphatic heterocycles. The van der Waals surface area contributed by atoms with Crippen molar-refractivity contribution in [2.45, 2.75) is 13.5 Å². The number of anilines is 1. The minimum atomic E-state index is 0.616. The van der Waals surface area contributed by atoms with Crippen LogP contribution < -0.4 is 5.32 Å². The average molecular weight is 282 g/mol. The summed E-state index contributed by atoms with van der Waals surface area (Å²) in [6.07, 6.45) is 1.68. The molecule has 6 heteroatoms. The van der Waals surface area contributed by atoms with E-state index >= 15 is 0 Å². The molecule has 0 spiro atoms. The Morgan fingerprint density at radius 1 is 1.44 bits per heavy atom. The van der Waals surface area contributed by atoms with E-state index in [0.29, 0.717) is 6.54 Å². The number of aryl methyl sites for hydroxylation is 2. The molecule has 0 aliphatic rings. The number of pyridine rings is 1. The van der Waals surface area contributed by atoms with Gasteiger partial charge in [-0.1, -0.05) is 0 Å². The second-order valence-corrected chi connectivity index (χ2v) is 4.33. The minimum absolute atomic E-state index is 0.616. The van der Waals surface area contributed by atoms with Crippen molar-refractivity contribution in [3.05, 3.63) is 34.5 Å². The van der Waals surface area contributed by atoms with Crippen molar-refractivity contribution in [3.63, 3.8) is 0 Å². The first-order valence-electron chi connectivity index (χ1n) is 4.86. The first kappa shape index (κ1) is 11.1. The lowest BCUT2D eigenvalue weighted by Gasteiger charge is -2.06. The summed E-state index contributed by atoms with van der Waals surface area (Å²) in [5.74, 6) is 1.71. The fourth-order valence-corrected chi connectivity index (χ4v) is 1.50. The highest BCUT2D eigenvalue weighted by Crippen LogP contribution is 2.16. The number of hydrogen-bond acceptors (Lipinski definition) is 4. The van der Waals surface area contributed by atoms with Gasteiger partial charge in [-0.25, -0.2) is 4.98 Å². The second kappa shape index (κ2) is 4.61. The van der Waals surface area contributed by atoms with Crippen molar-refractivity contribution in [1.29, 1.82) is 0 Å². The van der Waals surface area contributed by atoms with Crippen LogP contribution in [0.5, 0.6) is 0 Å². The number of hydrogen-bond donors (Lipinski definition) is 1. The molecule has 0 fully saturated rings. The molecule has 0 unspecified atom stereocenters. The van der Waals surface area contributed by atoms with Gasteiger partial charge in [0, 0.05) is 11.5 Å². The molecule has 84 valence electrons. The third-order valence-electron chi connectivity index (χ3n) is 2.25. The normalized spacial score (nSPS) is 10.4. The van der Waals surface area contributed by atoms with E-state index in [2.05, 4.69) is 36.4 Å². The van der Waals surface area contributed by atoms with E-state index < -0.39 is 0 Å². The third-order valence-corrected chi connectivity index (χ3v) is 3.09. The first-order chi connectivity index (χ1) is 7.66. The summed E-state index contributed by atoms with van der Waals surface area (Å²) in [6, 6.07) is 3.90. The Morgan fingerprint density at radius 2 is 2.25 bits per heavy atom. The van der Waals surface area contributed by atoms with E-state index in [4.69, 9.17) is 0 Å². The second-order valence-electron chi connectivity index (χ2n) is 3.48. The maximum atomic E-state index is 4.39. The Hall–Kier alpha value is -1.43. The minimum Gasteiger partial charge on any atom is -0.363 e. The SMILES string of the molecule is Cc1nc(NCc2nncn2C)ccc1Br. The number of rotatable bonds is 3. The Balaban J connectivity index is 2.05. The molecule has 16 heavy (non-hydrogen) atoms. The van der Waals surface area contributed by atoms with Crippen LogP contribution in [0.2, 0.25) is 0 Å². The Bertz CT molecular complexity index is 494. The van der Waals surface area contributed by atoms with E-state index in [-0.39, 0.29) is 0 Å². The van der Waals surface area contributed by atoms with Crippen molar-refractivity contribution in [1.82, 2.24) is 19.7 Å². The van der Waals surface area contributed by atoms with Crippen LogP contribution in [0, 0.1) is 6.92 Å². The smallest absolute Gasteiger partial charge is 0.151 e. The lowest BCUT2D eigenvalue weighted by atomic mass is 10.3. The molecule has 0 saturated carbocycles. The van der Waals surface area contributed by atoms with Gasteiger partial charge in [-0.15, -0.1) is 10.2 Å². The van der Waals surface area contributed by atoms with Gasteiger partial charge in [0.1, 0.15) is 12.1 Å². The molecule has 5 nitrogen and oxygen atoms in total. The quantitative estimate of drug-likeness (QED) is 0.934. The molecule has 2 rings (SSSR count). The van der Waals surface area contributed by atoms with Crippen LogP contribution in [-0.4, -0.2) is 19.7 Å². The molecule has 0 radical (unpaired) electrons. The highest BCUT2D eigenvalue weighted by molar-refractivity contribution is 9.10. The van der Waals surface area contributed by atoms with Crippen LogP contribution in [-0.2, 0) is 13.6 Å². The van der Waals surface area contributed by atoms with E-state index in [0.717, 1.165) is 21.8 Å². The van der Waals surface area contributed by atoms with E-state index in [1.807, 2.05) is 30.7 Å². The molecule has 0 saturated heterocycles. The van der Waals surface area contributed by atoms with Gasteiger partial charge in [-0.05, 0) is 35.0 Å². The molecule has 1 N–H and O–H groups in total. The summed E-state index contributed by atoms with van der Waals surface area (Å²) in [6.45, 7) is 2.57. The fraction of sp³-hybridized carbons (Fsp3) is 0.300. The van der Waals surface area contributed by atoms with Gasteiger partial charge < -0.3 is 9.88 Å². The maximum absolute atomic E-state index is 4.39.